The smallest absolute Gasteiger partial charge is 0.331 e. The number of rotatable bonds is 7. The lowest BCUT2D eigenvalue weighted by molar-refractivity contribution is -0.144. The minimum Gasteiger partial charge on any atom is -0.452 e. The highest BCUT2D eigenvalue weighted by molar-refractivity contribution is 9.10. The first-order valence-corrected chi connectivity index (χ1v) is 9.19. The number of carbonyl (C=O) groups excluding carboxylic acids is 2. The number of halogens is 1. The normalized spacial score (nSPS) is 12.1. The average molecular weight is 408 g/mol. The van der Waals surface area contributed by atoms with Crippen LogP contribution in [0, 0.1) is 0 Å². The zero-order valence-corrected chi connectivity index (χ0v) is 15.6. The summed E-state index contributed by atoms with van der Waals surface area (Å²) in [5, 5.41) is 4.80. The summed E-state index contributed by atoms with van der Waals surface area (Å²) in [5.41, 5.74) is 1.01. The van der Waals surface area contributed by atoms with E-state index in [0.717, 1.165) is 21.3 Å². The Morgan fingerprint density at radius 2 is 2.04 bits per heavy atom. The van der Waals surface area contributed by atoms with E-state index in [-0.39, 0.29) is 18.6 Å². The first-order valence-electron chi connectivity index (χ1n) is 7.51. The number of esters is 1. The largest absolute Gasteiger partial charge is 0.452 e. The Bertz CT molecular complexity index is 696. The van der Waals surface area contributed by atoms with Gasteiger partial charge in [-0.15, -0.1) is 11.3 Å². The van der Waals surface area contributed by atoms with E-state index >= 15 is 0 Å². The second-order valence-electron chi connectivity index (χ2n) is 5.04. The number of nitrogens with one attached hydrogen (secondary N) is 1. The van der Waals surface area contributed by atoms with Gasteiger partial charge in [-0.2, -0.15) is 0 Å². The molecule has 0 saturated carbocycles. The average Bonchev–Trinajstić information content (AvgIpc) is 3.10. The molecule has 0 spiro atoms. The van der Waals surface area contributed by atoms with Crippen molar-refractivity contribution < 1.29 is 14.3 Å². The van der Waals surface area contributed by atoms with Crippen molar-refractivity contribution in [2.24, 2.45) is 0 Å². The Morgan fingerprint density at radius 3 is 2.67 bits per heavy atom. The van der Waals surface area contributed by atoms with Crippen LogP contribution >= 0.6 is 27.3 Å². The van der Waals surface area contributed by atoms with Crippen LogP contribution in [0.4, 0.5) is 0 Å². The van der Waals surface area contributed by atoms with Crippen molar-refractivity contribution in [1.29, 1.82) is 0 Å². The highest BCUT2D eigenvalue weighted by Gasteiger charge is 2.13. The van der Waals surface area contributed by atoms with E-state index in [9.17, 15) is 9.59 Å². The van der Waals surface area contributed by atoms with Gasteiger partial charge in [0.1, 0.15) is 0 Å². The van der Waals surface area contributed by atoms with Crippen molar-refractivity contribution in [2.45, 2.75) is 19.4 Å². The zero-order chi connectivity index (χ0) is 17.4. The van der Waals surface area contributed by atoms with E-state index in [1.54, 1.807) is 6.08 Å². The highest BCUT2D eigenvalue weighted by atomic mass is 79.9. The molecule has 0 unspecified atom stereocenters. The molecule has 1 aromatic heterocycles. The molecule has 1 heterocycles. The molecule has 0 aliphatic carbocycles. The van der Waals surface area contributed by atoms with Crippen LogP contribution < -0.4 is 5.32 Å². The molecule has 2 aromatic rings. The lowest BCUT2D eigenvalue weighted by Crippen LogP contribution is -2.32. The molecule has 2 rings (SSSR count). The predicted octanol–water partition coefficient (Wildman–Crippen LogP) is 4.33. The van der Waals surface area contributed by atoms with Crippen LogP contribution in [-0.4, -0.2) is 18.5 Å². The second-order valence-corrected chi connectivity index (χ2v) is 6.93. The van der Waals surface area contributed by atoms with E-state index in [1.165, 1.54) is 17.4 Å². The van der Waals surface area contributed by atoms with Gasteiger partial charge in [0.2, 0.25) is 0 Å². The van der Waals surface area contributed by atoms with Gasteiger partial charge in [-0.05, 0) is 41.6 Å². The minimum atomic E-state index is -0.532. The molecule has 0 aliphatic rings. The van der Waals surface area contributed by atoms with Crippen molar-refractivity contribution in [3.63, 3.8) is 0 Å². The molecule has 0 bridgehead atoms. The van der Waals surface area contributed by atoms with Gasteiger partial charge in [0.15, 0.2) is 6.61 Å². The molecule has 0 fully saturated rings. The van der Waals surface area contributed by atoms with Crippen molar-refractivity contribution in [3.05, 3.63) is 62.8 Å². The Morgan fingerprint density at radius 1 is 1.29 bits per heavy atom. The predicted molar refractivity (Wildman–Crippen MR) is 99.6 cm³/mol. The second kappa shape index (κ2) is 9.39. The van der Waals surface area contributed by atoms with Gasteiger partial charge in [0.25, 0.3) is 5.91 Å². The minimum absolute atomic E-state index is 0.106. The lowest BCUT2D eigenvalue weighted by atomic mass is 10.0. The number of carbonyl (C=O) groups is 2. The molecule has 126 valence electrons. The lowest BCUT2D eigenvalue weighted by Gasteiger charge is -2.17. The summed E-state index contributed by atoms with van der Waals surface area (Å²) in [4.78, 5) is 24.5. The van der Waals surface area contributed by atoms with Gasteiger partial charge in [-0.3, -0.25) is 4.79 Å². The first kappa shape index (κ1) is 18.4. The maximum absolute atomic E-state index is 12.0. The fourth-order valence-electron chi connectivity index (χ4n) is 2.07. The quantitative estimate of drug-likeness (QED) is 0.548. The van der Waals surface area contributed by atoms with Gasteiger partial charge in [-0.25, -0.2) is 4.79 Å². The van der Waals surface area contributed by atoms with Gasteiger partial charge < -0.3 is 10.1 Å². The molecule has 1 amide bonds. The SMILES string of the molecule is CC[C@H](NC(=O)COC(=O)/C=C/c1cccs1)c1ccc(Br)cc1. The molecular formula is C18H18BrNO3S. The molecular weight excluding hydrogens is 390 g/mol. The third kappa shape index (κ3) is 5.94. The number of benzene rings is 1. The number of amides is 1. The van der Waals surface area contributed by atoms with Crippen molar-refractivity contribution in [2.75, 3.05) is 6.61 Å². The molecule has 0 radical (unpaired) electrons. The topological polar surface area (TPSA) is 55.4 Å². The molecule has 24 heavy (non-hydrogen) atoms. The highest BCUT2D eigenvalue weighted by Crippen LogP contribution is 2.19. The maximum atomic E-state index is 12.0. The van der Waals surface area contributed by atoms with Gasteiger partial charge in [0, 0.05) is 15.4 Å². The fraction of sp³-hybridized carbons (Fsp3) is 0.222. The van der Waals surface area contributed by atoms with E-state index in [2.05, 4.69) is 21.2 Å². The summed E-state index contributed by atoms with van der Waals surface area (Å²) < 4.78 is 5.95. The Balaban J connectivity index is 1.81. The summed E-state index contributed by atoms with van der Waals surface area (Å²) >= 11 is 4.91. The van der Waals surface area contributed by atoms with Crippen molar-refractivity contribution in [3.8, 4) is 0 Å². The third-order valence-electron chi connectivity index (χ3n) is 3.29. The summed E-state index contributed by atoms with van der Waals surface area (Å²) in [6.07, 6.45) is 3.74. The summed E-state index contributed by atoms with van der Waals surface area (Å²) in [7, 11) is 0. The molecule has 0 saturated heterocycles. The van der Waals surface area contributed by atoms with Crippen LogP contribution in [0.2, 0.25) is 0 Å². The summed E-state index contributed by atoms with van der Waals surface area (Å²) in [6, 6.07) is 11.5. The van der Waals surface area contributed by atoms with Crippen LogP contribution in [0.5, 0.6) is 0 Å². The Kier molecular flexibility index (Phi) is 7.21. The molecule has 0 aliphatic heterocycles. The number of hydrogen-bond donors (Lipinski definition) is 1. The van der Waals surface area contributed by atoms with E-state index in [0.29, 0.717) is 0 Å². The van der Waals surface area contributed by atoms with Crippen LogP contribution in [0.3, 0.4) is 0 Å². The van der Waals surface area contributed by atoms with Gasteiger partial charge in [0.05, 0.1) is 6.04 Å². The Hall–Kier alpha value is -1.92. The summed E-state index contributed by atoms with van der Waals surface area (Å²) in [5.74, 6) is -0.849. The fourth-order valence-corrected chi connectivity index (χ4v) is 2.96. The van der Waals surface area contributed by atoms with Crippen molar-refractivity contribution >= 4 is 45.2 Å². The molecule has 1 aromatic carbocycles. The zero-order valence-electron chi connectivity index (χ0n) is 13.2. The van der Waals surface area contributed by atoms with Crippen LogP contribution in [0.15, 0.2) is 52.3 Å². The van der Waals surface area contributed by atoms with Crippen LogP contribution in [0.25, 0.3) is 6.08 Å². The van der Waals surface area contributed by atoms with Gasteiger partial charge >= 0.3 is 5.97 Å². The summed E-state index contributed by atoms with van der Waals surface area (Å²) in [6.45, 7) is 1.70. The molecule has 4 nitrogen and oxygen atoms in total. The van der Waals surface area contributed by atoms with Gasteiger partial charge in [-0.1, -0.05) is 41.1 Å². The molecule has 1 N–H and O–H groups in total. The van der Waals surface area contributed by atoms with E-state index in [1.807, 2.05) is 48.7 Å². The standard InChI is InChI=1S/C18H18BrNO3S/c1-2-16(13-5-7-14(19)8-6-13)20-17(21)12-23-18(22)10-9-15-4-3-11-24-15/h3-11,16H,2,12H2,1H3,(H,20,21)/b10-9+/t16-/m0/s1. The number of hydrogen-bond acceptors (Lipinski definition) is 4. The number of thiophene rings is 1. The van der Waals surface area contributed by atoms with Crippen LogP contribution in [-0.2, 0) is 14.3 Å². The first-order chi connectivity index (χ1) is 11.6. The van der Waals surface area contributed by atoms with Crippen molar-refractivity contribution in [1.82, 2.24) is 5.32 Å². The Labute approximate surface area is 153 Å². The maximum Gasteiger partial charge on any atom is 0.331 e. The molecule has 6 heteroatoms. The monoisotopic (exact) mass is 407 g/mol. The van der Waals surface area contributed by atoms with E-state index < -0.39 is 5.97 Å². The van der Waals surface area contributed by atoms with Crippen LogP contribution in [0.1, 0.15) is 29.8 Å². The van der Waals surface area contributed by atoms with E-state index in [4.69, 9.17) is 4.74 Å². The third-order valence-corrected chi connectivity index (χ3v) is 4.65. The number of ether oxygens (including phenoxy) is 1. The molecule has 1 atom stereocenters.